The lowest BCUT2D eigenvalue weighted by Crippen LogP contribution is -2.37. The molecular weight excluding hydrogens is 448 g/mol. The lowest BCUT2D eigenvalue weighted by molar-refractivity contribution is -0.0773. The number of methoxy groups -OCH3 is 1. The van der Waals surface area contributed by atoms with Gasteiger partial charge in [-0.1, -0.05) is 0 Å². The molecule has 2 aromatic rings. The molecule has 17 heteroatoms. The van der Waals surface area contributed by atoms with Gasteiger partial charge in [-0.15, -0.1) is 9.42 Å². The highest BCUT2D eigenvalue weighted by Crippen LogP contribution is 2.42. The minimum Gasteiger partial charge on any atom is -0.382 e. The average Bonchev–Trinajstić information content (AvgIpc) is 3.22. The van der Waals surface area contributed by atoms with E-state index in [2.05, 4.69) is 19.5 Å². The molecule has 3 rings (SSSR count). The molecule has 0 aromatic carbocycles. The van der Waals surface area contributed by atoms with Gasteiger partial charge in [-0.25, -0.2) is 19.5 Å². The van der Waals surface area contributed by atoms with Gasteiger partial charge < -0.3 is 29.7 Å². The number of nitrogen functional groups attached to an aromatic ring is 1. The van der Waals surface area contributed by atoms with E-state index in [0.717, 1.165) is 0 Å². The van der Waals surface area contributed by atoms with Gasteiger partial charge in [-0.2, -0.15) is 0 Å². The third-order valence-corrected chi connectivity index (χ3v) is 5.07. The standard InChI is InChI=1S/C13H19N5O10P2/c1-24-2-3-25-10-9(28-29(19)20)7(4-26-30(21,22)23)27-13(10)18-6-17-8-11(14)15-5-16-12(8)18/h5-7,9-10,13H,2-4H2,1H3,(H4-,14,15,16,19,20,21,22,23)/p+1/t7-,9?,10+,13+/m1/s1. The first-order valence-corrected chi connectivity index (χ1v) is 11.1. The lowest BCUT2D eigenvalue weighted by Gasteiger charge is -2.21. The van der Waals surface area contributed by atoms with Crippen LogP contribution < -0.4 is 5.73 Å². The molecule has 0 amide bonds. The molecule has 166 valence electrons. The Morgan fingerprint density at radius 1 is 1.30 bits per heavy atom. The molecule has 0 aliphatic carbocycles. The summed E-state index contributed by atoms with van der Waals surface area (Å²) >= 11 is 0. The monoisotopic (exact) mass is 468 g/mol. The molecule has 3 heterocycles. The summed E-state index contributed by atoms with van der Waals surface area (Å²) in [6, 6.07) is 0. The molecule has 2 unspecified atom stereocenters. The van der Waals surface area contributed by atoms with E-state index in [-0.39, 0.29) is 30.2 Å². The number of nitrogens with two attached hydrogens (primary N) is 1. The minimum absolute atomic E-state index is 0.0684. The summed E-state index contributed by atoms with van der Waals surface area (Å²) in [5.41, 5.74) is 6.38. The summed E-state index contributed by atoms with van der Waals surface area (Å²) in [6.07, 6.45) is -1.83. The lowest BCUT2D eigenvalue weighted by atomic mass is 10.1. The number of ether oxygens (including phenoxy) is 3. The van der Waals surface area contributed by atoms with Crippen LogP contribution in [0.1, 0.15) is 6.23 Å². The van der Waals surface area contributed by atoms with Gasteiger partial charge in [0.25, 0.3) is 0 Å². The van der Waals surface area contributed by atoms with Crippen LogP contribution in [0.15, 0.2) is 12.7 Å². The summed E-state index contributed by atoms with van der Waals surface area (Å²) in [6.45, 7) is -0.369. The number of anilines is 1. The van der Waals surface area contributed by atoms with Crippen LogP contribution in [0.3, 0.4) is 0 Å². The van der Waals surface area contributed by atoms with Crippen molar-refractivity contribution in [1.29, 1.82) is 0 Å². The van der Waals surface area contributed by atoms with Crippen LogP contribution in [-0.4, -0.2) is 79.4 Å². The molecule has 5 atom stereocenters. The molecule has 5 N–H and O–H groups in total. The number of phosphoric ester groups is 1. The van der Waals surface area contributed by atoms with Crippen molar-refractivity contribution >= 4 is 33.1 Å². The number of hydrogen-bond acceptors (Lipinski definition) is 11. The van der Waals surface area contributed by atoms with Crippen molar-refractivity contribution < 1.29 is 47.1 Å². The van der Waals surface area contributed by atoms with E-state index in [9.17, 15) is 14.0 Å². The number of nitrogens with zero attached hydrogens (tertiary/aromatic N) is 4. The average molecular weight is 468 g/mol. The Kier molecular flexibility index (Phi) is 7.42. The van der Waals surface area contributed by atoms with E-state index in [1.807, 2.05) is 0 Å². The van der Waals surface area contributed by atoms with E-state index < -0.39 is 47.2 Å². The number of aromatic nitrogens is 4. The number of hydrogen-bond donors (Lipinski definition) is 4. The number of rotatable bonds is 10. The van der Waals surface area contributed by atoms with Gasteiger partial charge in [0.05, 0.1) is 26.1 Å². The van der Waals surface area contributed by atoms with Gasteiger partial charge in [0.1, 0.15) is 24.1 Å². The molecule has 0 saturated carbocycles. The highest BCUT2D eigenvalue weighted by Gasteiger charge is 2.52. The quantitative estimate of drug-likeness (QED) is 0.255. The van der Waals surface area contributed by atoms with Crippen LogP contribution in [0.2, 0.25) is 0 Å². The minimum atomic E-state index is -4.84. The first kappa shape index (κ1) is 23.0. The summed E-state index contributed by atoms with van der Waals surface area (Å²) in [7, 11) is -6.48. The number of imidazole rings is 1. The van der Waals surface area contributed by atoms with Crippen LogP contribution in [0.25, 0.3) is 11.2 Å². The highest BCUT2D eigenvalue weighted by molar-refractivity contribution is 7.46. The van der Waals surface area contributed by atoms with E-state index in [1.165, 1.54) is 24.3 Å². The summed E-state index contributed by atoms with van der Waals surface area (Å²) in [5, 5.41) is 0. The van der Waals surface area contributed by atoms with Crippen molar-refractivity contribution in [2.75, 3.05) is 32.7 Å². The van der Waals surface area contributed by atoms with Crippen LogP contribution in [0.5, 0.6) is 0 Å². The van der Waals surface area contributed by atoms with Gasteiger partial charge in [0.2, 0.25) is 0 Å². The van der Waals surface area contributed by atoms with Crippen molar-refractivity contribution in [3.8, 4) is 0 Å². The second-order valence-electron chi connectivity index (χ2n) is 6.07. The van der Waals surface area contributed by atoms with Crippen LogP contribution >= 0.6 is 16.1 Å². The maximum atomic E-state index is 11.4. The largest absolute Gasteiger partial charge is 0.695 e. The Bertz CT molecular complexity index is 938. The summed E-state index contributed by atoms with van der Waals surface area (Å²) in [4.78, 5) is 39.4. The zero-order valence-electron chi connectivity index (χ0n) is 15.5. The van der Waals surface area contributed by atoms with Gasteiger partial charge in [-0.3, -0.25) is 9.09 Å². The van der Waals surface area contributed by atoms with Crippen molar-refractivity contribution in [3.05, 3.63) is 12.7 Å². The fourth-order valence-electron chi connectivity index (χ4n) is 2.97. The number of fused-ring (bicyclic) bond motifs is 1. The van der Waals surface area contributed by atoms with Crippen molar-refractivity contribution in [1.82, 2.24) is 19.5 Å². The third-order valence-electron chi connectivity index (χ3n) is 4.16. The molecule has 0 bridgehead atoms. The van der Waals surface area contributed by atoms with E-state index in [4.69, 9.17) is 34.3 Å². The van der Waals surface area contributed by atoms with Crippen molar-refractivity contribution in [2.24, 2.45) is 0 Å². The maximum Gasteiger partial charge on any atom is 0.695 e. The molecule has 30 heavy (non-hydrogen) atoms. The Hall–Kier alpha value is -1.64. The van der Waals surface area contributed by atoms with Gasteiger partial charge in [-0.05, 0) is 0 Å². The van der Waals surface area contributed by atoms with Gasteiger partial charge >= 0.3 is 16.1 Å². The molecule has 2 aromatic heterocycles. The first-order chi connectivity index (χ1) is 14.2. The molecule has 15 nitrogen and oxygen atoms in total. The van der Waals surface area contributed by atoms with Gasteiger partial charge in [0.15, 0.2) is 23.8 Å². The molecule has 0 spiro atoms. The zero-order valence-corrected chi connectivity index (χ0v) is 17.3. The SMILES string of the molecule is COCCO[C@H]1C(O[P+](=O)O)[C@@H](COP(=O)(O)O)O[C@@H]1n1cnc2c(N)ncnc21. The Morgan fingerprint density at radius 2 is 2.07 bits per heavy atom. The molecule has 0 radical (unpaired) electrons. The van der Waals surface area contributed by atoms with Crippen LogP contribution in [0.4, 0.5) is 5.82 Å². The fourth-order valence-corrected chi connectivity index (χ4v) is 3.77. The Morgan fingerprint density at radius 3 is 2.73 bits per heavy atom. The molecule has 1 saturated heterocycles. The highest BCUT2D eigenvalue weighted by atomic mass is 31.2. The molecular formula is C13H20N5O10P2+. The van der Waals surface area contributed by atoms with Crippen molar-refractivity contribution in [2.45, 2.75) is 24.5 Å². The second-order valence-corrected chi connectivity index (χ2v) is 8.00. The fraction of sp³-hybridized carbons (Fsp3) is 0.615. The summed E-state index contributed by atoms with van der Waals surface area (Å²) < 4.78 is 50.0. The van der Waals surface area contributed by atoms with E-state index >= 15 is 0 Å². The molecule has 1 aliphatic rings. The van der Waals surface area contributed by atoms with Crippen molar-refractivity contribution in [3.63, 3.8) is 0 Å². The van der Waals surface area contributed by atoms with E-state index in [1.54, 1.807) is 0 Å². The van der Waals surface area contributed by atoms with Crippen LogP contribution in [-0.2, 0) is 32.4 Å². The zero-order chi connectivity index (χ0) is 21.9. The number of phosphoric acid groups is 1. The smallest absolute Gasteiger partial charge is 0.382 e. The summed E-state index contributed by atoms with van der Waals surface area (Å²) in [5.74, 6) is 0.126. The topological polar surface area (TPSA) is 211 Å². The van der Waals surface area contributed by atoms with Gasteiger partial charge in [0, 0.05) is 11.7 Å². The second kappa shape index (κ2) is 9.66. The first-order valence-electron chi connectivity index (χ1n) is 8.43. The normalized spacial score (nSPS) is 25.1. The third kappa shape index (κ3) is 5.34. The maximum absolute atomic E-state index is 11.4. The predicted octanol–water partition coefficient (Wildman–Crippen LogP) is -0.518. The molecule has 1 fully saturated rings. The van der Waals surface area contributed by atoms with E-state index in [0.29, 0.717) is 0 Å². The predicted molar refractivity (Wildman–Crippen MR) is 98.0 cm³/mol. The molecule has 1 aliphatic heterocycles. The Balaban J connectivity index is 1.96. The Labute approximate surface area is 170 Å². The van der Waals surface area contributed by atoms with Crippen LogP contribution in [0, 0.1) is 0 Å².